The van der Waals surface area contributed by atoms with Crippen molar-refractivity contribution in [3.05, 3.63) is 59.9 Å². The molecule has 36 heavy (non-hydrogen) atoms. The first-order valence-corrected chi connectivity index (χ1v) is 11.4. The van der Waals surface area contributed by atoms with Crippen LogP contribution in [0.15, 0.2) is 47.4 Å². The quantitative estimate of drug-likeness (QED) is 0.411. The second kappa shape index (κ2) is 8.05. The summed E-state index contributed by atoms with van der Waals surface area (Å²) >= 11 is 0. The number of halogens is 3. The second-order valence-corrected chi connectivity index (χ2v) is 9.18. The normalized spacial score (nSPS) is 18.6. The molecule has 1 saturated carbocycles. The molecule has 186 valence electrons. The minimum Gasteiger partial charge on any atom is -0.439 e. The maximum Gasteiger partial charge on any atom is 0.401 e. The first-order chi connectivity index (χ1) is 17.2. The lowest BCUT2D eigenvalue weighted by atomic mass is 10.0. The standard InChI is InChI=1S/C24H21F3N6O3/c1-13-8-16-17(11-28-13)29-12-30-21(16)35-15-2-3-18-14(9-15)4-7-33(18)22(34)31-20-10-19(36-32-20)23(5-6-23)24(25,26)27/h2-4,7,9-10,12-13,28H,5-6,8,11H2,1H3,(H,31,32,34). The van der Waals surface area contributed by atoms with Crippen LogP contribution in [0.1, 0.15) is 36.8 Å². The van der Waals surface area contributed by atoms with Gasteiger partial charge in [-0.15, -0.1) is 0 Å². The zero-order valence-electron chi connectivity index (χ0n) is 19.1. The molecule has 9 nitrogen and oxygen atoms in total. The summed E-state index contributed by atoms with van der Waals surface area (Å²) in [6.45, 7) is 2.73. The van der Waals surface area contributed by atoms with Crippen LogP contribution in [0.25, 0.3) is 10.9 Å². The molecule has 12 heteroatoms. The highest BCUT2D eigenvalue weighted by Gasteiger charge is 2.66. The molecule has 1 atom stereocenters. The Morgan fingerprint density at radius 3 is 2.86 bits per heavy atom. The molecule has 6 rings (SSSR count). The molecule has 2 N–H and O–H groups in total. The van der Waals surface area contributed by atoms with Gasteiger partial charge in [-0.05, 0) is 50.5 Å². The van der Waals surface area contributed by atoms with Crippen molar-refractivity contribution < 1.29 is 27.2 Å². The van der Waals surface area contributed by atoms with Crippen LogP contribution in [0, 0.1) is 0 Å². The molecule has 3 aromatic heterocycles. The predicted molar refractivity (Wildman–Crippen MR) is 122 cm³/mol. The van der Waals surface area contributed by atoms with Crippen molar-refractivity contribution in [1.29, 1.82) is 0 Å². The van der Waals surface area contributed by atoms with E-state index in [0.29, 0.717) is 23.7 Å². The van der Waals surface area contributed by atoms with E-state index in [9.17, 15) is 18.0 Å². The van der Waals surface area contributed by atoms with Crippen LogP contribution >= 0.6 is 0 Å². The third-order valence-corrected chi connectivity index (χ3v) is 6.73. The molecule has 1 aromatic carbocycles. The van der Waals surface area contributed by atoms with Crippen LogP contribution < -0.4 is 15.4 Å². The fraction of sp³-hybridized carbons (Fsp3) is 0.333. The summed E-state index contributed by atoms with van der Waals surface area (Å²) in [5.74, 6) is 0.681. The fourth-order valence-electron chi connectivity index (χ4n) is 4.52. The van der Waals surface area contributed by atoms with E-state index in [1.165, 1.54) is 10.9 Å². The first kappa shape index (κ1) is 22.5. The van der Waals surface area contributed by atoms with E-state index in [1.807, 2.05) is 0 Å². The maximum absolute atomic E-state index is 13.3. The summed E-state index contributed by atoms with van der Waals surface area (Å²) in [6.07, 6.45) is -0.759. The van der Waals surface area contributed by atoms with Crippen molar-refractivity contribution >= 4 is 22.8 Å². The Labute approximate surface area is 202 Å². The van der Waals surface area contributed by atoms with Gasteiger partial charge in [0.05, 0.1) is 11.2 Å². The monoisotopic (exact) mass is 498 g/mol. The fourth-order valence-corrected chi connectivity index (χ4v) is 4.52. The van der Waals surface area contributed by atoms with E-state index < -0.39 is 17.6 Å². The predicted octanol–water partition coefficient (Wildman–Crippen LogP) is 4.92. The Morgan fingerprint density at radius 1 is 1.25 bits per heavy atom. The van der Waals surface area contributed by atoms with Crippen LogP contribution in [0.2, 0.25) is 0 Å². The van der Waals surface area contributed by atoms with E-state index in [-0.39, 0.29) is 30.5 Å². The Hall–Kier alpha value is -3.93. The lowest BCUT2D eigenvalue weighted by molar-refractivity contribution is -0.165. The van der Waals surface area contributed by atoms with Crippen LogP contribution in [0.3, 0.4) is 0 Å². The molecule has 4 aromatic rings. The number of hydrogen-bond acceptors (Lipinski definition) is 7. The highest BCUT2D eigenvalue weighted by molar-refractivity contribution is 5.98. The summed E-state index contributed by atoms with van der Waals surface area (Å²) in [5.41, 5.74) is 0.448. The molecule has 1 aliphatic heterocycles. The summed E-state index contributed by atoms with van der Waals surface area (Å²) in [7, 11) is 0. The van der Waals surface area contributed by atoms with Gasteiger partial charge in [-0.3, -0.25) is 9.88 Å². The summed E-state index contributed by atoms with van der Waals surface area (Å²) < 4.78 is 52.3. The number of amides is 1. The van der Waals surface area contributed by atoms with Gasteiger partial charge in [0.15, 0.2) is 11.6 Å². The molecule has 1 aliphatic carbocycles. The number of hydrogen-bond donors (Lipinski definition) is 2. The second-order valence-electron chi connectivity index (χ2n) is 9.18. The Balaban J connectivity index is 1.20. The molecule has 0 radical (unpaired) electrons. The minimum atomic E-state index is -4.43. The number of carbonyl (C=O) groups is 1. The lowest BCUT2D eigenvalue weighted by Crippen LogP contribution is -2.33. The zero-order valence-corrected chi connectivity index (χ0v) is 19.1. The van der Waals surface area contributed by atoms with Gasteiger partial charge in [-0.25, -0.2) is 14.8 Å². The van der Waals surface area contributed by atoms with Gasteiger partial charge in [0.2, 0.25) is 5.88 Å². The van der Waals surface area contributed by atoms with Gasteiger partial charge in [0.25, 0.3) is 0 Å². The van der Waals surface area contributed by atoms with Crippen LogP contribution in [0.5, 0.6) is 11.6 Å². The van der Waals surface area contributed by atoms with Crippen molar-refractivity contribution in [2.24, 2.45) is 0 Å². The van der Waals surface area contributed by atoms with Gasteiger partial charge in [0, 0.05) is 35.8 Å². The number of ether oxygens (including phenoxy) is 1. The molecular formula is C24H21F3N6O3. The zero-order chi connectivity index (χ0) is 25.1. The van der Waals surface area contributed by atoms with E-state index >= 15 is 0 Å². The Morgan fingerprint density at radius 2 is 2.08 bits per heavy atom. The lowest BCUT2D eigenvalue weighted by Gasteiger charge is -2.23. The van der Waals surface area contributed by atoms with Gasteiger partial charge in [0.1, 0.15) is 17.5 Å². The van der Waals surface area contributed by atoms with Gasteiger partial charge < -0.3 is 14.6 Å². The van der Waals surface area contributed by atoms with Crippen LogP contribution in [-0.2, 0) is 18.4 Å². The van der Waals surface area contributed by atoms with Gasteiger partial charge >= 0.3 is 12.2 Å². The molecule has 0 saturated heterocycles. The number of alkyl halides is 3. The number of nitrogens with one attached hydrogen (secondary N) is 2. The molecule has 1 fully saturated rings. The average Bonchev–Trinajstić information content (AvgIpc) is 3.36. The number of nitrogens with zero attached hydrogens (tertiary/aromatic N) is 4. The number of anilines is 1. The number of aromatic nitrogens is 4. The van der Waals surface area contributed by atoms with Gasteiger partial charge in [-0.1, -0.05) is 5.16 Å². The topological polar surface area (TPSA) is 107 Å². The highest BCUT2D eigenvalue weighted by atomic mass is 19.4. The van der Waals surface area contributed by atoms with E-state index in [4.69, 9.17) is 9.26 Å². The molecule has 0 bridgehead atoms. The summed E-state index contributed by atoms with van der Waals surface area (Å²) in [5, 5.41) is 10.2. The smallest absolute Gasteiger partial charge is 0.401 e. The summed E-state index contributed by atoms with van der Waals surface area (Å²) in [6, 6.07) is 7.80. The third-order valence-electron chi connectivity index (χ3n) is 6.73. The number of benzene rings is 1. The highest BCUT2D eigenvalue weighted by Crippen LogP contribution is 2.59. The molecule has 4 heterocycles. The third kappa shape index (κ3) is 3.77. The largest absolute Gasteiger partial charge is 0.439 e. The average molecular weight is 498 g/mol. The molecular weight excluding hydrogens is 477 g/mol. The molecule has 1 amide bonds. The Kier molecular flexibility index (Phi) is 5.04. The van der Waals surface area contributed by atoms with Crippen molar-refractivity contribution in [3.63, 3.8) is 0 Å². The molecule has 2 aliphatic rings. The SMILES string of the molecule is CC1Cc2c(ncnc2Oc2ccc3c(ccn3C(=O)Nc3cc(C4(C(F)(F)F)CC4)on3)c2)CN1. The Bertz CT molecular complexity index is 1470. The number of carbonyl (C=O) groups excluding carboxylic acids is 1. The van der Waals surface area contributed by atoms with Crippen molar-refractivity contribution in [2.75, 3.05) is 5.32 Å². The van der Waals surface area contributed by atoms with E-state index in [0.717, 1.165) is 29.1 Å². The van der Waals surface area contributed by atoms with Crippen molar-refractivity contribution in [1.82, 2.24) is 25.0 Å². The first-order valence-electron chi connectivity index (χ1n) is 11.4. The van der Waals surface area contributed by atoms with E-state index in [1.54, 1.807) is 30.5 Å². The minimum absolute atomic E-state index is 0.0561. The van der Waals surface area contributed by atoms with Crippen LogP contribution in [0.4, 0.5) is 23.8 Å². The van der Waals surface area contributed by atoms with E-state index in [2.05, 4.69) is 32.7 Å². The molecule has 1 unspecified atom stereocenters. The number of fused-ring (bicyclic) bond motifs is 2. The number of rotatable bonds is 4. The van der Waals surface area contributed by atoms with Gasteiger partial charge in [-0.2, -0.15) is 13.2 Å². The molecule has 0 spiro atoms. The summed E-state index contributed by atoms with van der Waals surface area (Å²) in [4.78, 5) is 21.5. The van der Waals surface area contributed by atoms with Crippen LogP contribution in [-0.4, -0.2) is 37.9 Å². The van der Waals surface area contributed by atoms with Crippen molar-refractivity contribution in [3.8, 4) is 11.6 Å². The van der Waals surface area contributed by atoms with Crippen molar-refractivity contribution in [2.45, 2.75) is 50.4 Å². The maximum atomic E-state index is 13.3.